The van der Waals surface area contributed by atoms with Gasteiger partial charge in [-0.15, -0.1) is 0 Å². The number of benzene rings is 2. The number of carboxylic acids is 1. The van der Waals surface area contributed by atoms with E-state index >= 15 is 0 Å². The summed E-state index contributed by atoms with van der Waals surface area (Å²) in [5.74, 6) is -0.0229. The molecule has 0 amide bonds. The molecule has 0 spiro atoms. The Balaban J connectivity index is 2.18. The Labute approximate surface area is 150 Å². The maximum absolute atomic E-state index is 12.5. The second kappa shape index (κ2) is 7.39. The van der Waals surface area contributed by atoms with E-state index in [0.717, 1.165) is 24.0 Å². The van der Waals surface area contributed by atoms with Crippen molar-refractivity contribution in [2.75, 3.05) is 6.61 Å². The lowest BCUT2D eigenvalue weighted by Crippen LogP contribution is -2.11. The summed E-state index contributed by atoms with van der Waals surface area (Å²) in [4.78, 5) is 30.9. The highest BCUT2D eigenvalue weighted by atomic mass is 16.5. The van der Waals surface area contributed by atoms with Crippen molar-refractivity contribution in [3.63, 3.8) is 0 Å². The van der Waals surface area contributed by atoms with E-state index in [-0.39, 0.29) is 16.5 Å². The van der Waals surface area contributed by atoms with Crippen LogP contribution in [0.25, 0.3) is 22.3 Å². The van der Waals surface area contributed by atoms with Crippen LogP contribution in [-0.2, 0) is 6.42 Å². The first-order valence-electron chi connectivity index (χ1n) is 8.57. The molecule has 1 aromatic heterocycles. The number of nitrogens with one attached hydrogen (secondary N) is 1. The van der Waals surface area contributed by atoms with E-state index in [4.69, 9.17) is 9.84 Å². The van der Waals surface area contributed by atoms with Gasteiger partial charge in [-0.25, -0.2) is 9.78 Å². The van der Waals surface area contributed by atoms with Crippen molar-refractivity contribution in [1.29, 1.82) is 0 Å². The number of carbonyl (C=O) groups is 1. The second-order valence-electron chi connectivity index (χ2n) is 5.97. The Hall–Kier alpha value is -3.15. The van der Waals surface area contributed by atoms with Crippen LogP contribution in [0.15, 0.2) is 41.2 Å². The molecule has 0 unspecified atom stereocenters. The zero-order valence-corrected chi connectivity index (χ0v) is 14.7. The fourth-order valence-electron chi connectivity index (χ4n) is 2.89. The van der Waals surface area contributed by atoms with Crippen LogP contribution in [0.5, 0.6) is 5.75 Å². The average Bonchev–Trinajstić information content (AvgIpc) is 2.63. The smallest absolute Gasteiger partial charge is 0.335 e. The van der Waals surface area contributed by atoms with Gasteiger partial charge < -0.3 is 14.8 Å². The maximum atomic E-state index is 12.5. The summed E-state index contributed by atoms with van der Waals surface area (Å²) < 4.78 is 5.69. The molecule has 0 saturated carbocycles. The predicted molar refractivity (Wildman–Crippen MR) is 99.9 cm³/mol. The molecule has 3 rings (SSSR count). The van der Waals surface area contributed by atoms with Gasteiger partial charge in [-0.1, -0.05) is 19.4 Å². The van der Waals surface area contributed by atoms with Crippen LogP contribution in [0, 0.1) is 0 Å². The highest BCUT2D eigenvalue weighted by Gasteiger charge is 2.13. The van der Waals surface area contributed by atoms with E-state index < -0.39 is 5.97 Å². The Morgan fingerprint density at radius 3 is 2.69 bits per heavy atom. The Bertz CT molecular complexity index is 1020. The molecule has 1 heterocycles. The van der Waals surface area contributed by atoms with Crippen LogP contribution in [0.2, 0.25) is 0 Å². The number of aromatic nitrogens is 2. The number of carboxylic acid groups (broad SMARTS) is 1. The van der Waals surface area contributed by atoms with E-state index in [2.05, 4.69) is 16.9 Å². The lowest BCUT2D eigenvalue weighted by molar-refractivity contribution is 0.0697. The van der Waals surface area contributed by atoms with Crippen molar-refractivity contribution in [2.24, 2.45) is 0 Å². The molecular weight excluding hydrogens is 332 g/mol. The molecule has 2 aromatic carbocycles. The SMILES string of the molecule is CCCc1ccc(OCC)c(-c2nc3ccc(C(=O)O)cc3c(=O)[nH]2)c1. The zero-order chi connectivity index (χ0) is 18.7. The summed E-state index contributed by atoms with van der Waals surface area (Å²) in [6.45, 7) is 4.50. The molecular formula is C20H20N2O4. The number of ether oxygens (including phenoxy) is 1. The molecule has 6 heteroatoms. The Kier molecular flexibility index (Phi) is 5.02. The highest BCUT2D eigenvalue weighted by Crippen LogP contribution is 2.29. The van der Waals surface area contributed by atoms with Gasteiger partial charge in [0.2, 0.25) is 0 Å². The number of aryl methyl sites for hydroxylation is 1. The first kappa shape index (κ1) is 17.7. The van der Waals surface area contributed by atoms with Gasteiger partial charge in [0.15, 0.2) is 0 Å². The molecule has 26 heavy (non-hydrogen) atoms. The standard InChI is InChI=1S/C20H20N2O4/c1-3-5-12-6-9-17(26-4-2)15(10-12)18-21-16-8-7-13(20(24)25)11-14(16)19(23)22-18/h6-11H,3-5H2,1-2H3,(H,24,25)(H,21,22,23). The molecule has 0 aliphatic rings. The number of nitrogens with zero attached hydrogens (tertiary/aromatic N) is 1. The van der Waals surface area contributed by atoms with Crippen LogP contribution in [-0.4, -0.2) is 27.7 Å². The van der Waals surface area contributed by atoms with Gasteiger partial charge in [0.25, 0.3) is 5.56 Å². The van der Waals surface area contributed by atoms with Crippen molar-refractivity contribution in [1.82, 2.24) is 9.97 Å². The molecule has 0 saturated heterocycles. The van der Waals surface area contributed by atoms with E-state index in [1.807, 2.05) is 25.1 Å². The van der Waals surface area contributed by atoms with Crippen LogP contribution in [0.4, 0.5) is 0 Å². The summed E-state index contributed by atoms with van der Waals surface area (Å²) in [6, 6.07) is 10.2. The van der Waals surface area contributed by atoms with Crippen LogP contribution in [0.3, 0.4) is 0 Å². The third-order valence-electron chi connectivity index (χ3n) is 4.09. The molecule has 3 aromatic rings. The van der Waals surface area contributed by atoms with Crippen molar-refractivity contribution in [2.45, 2.75) is 26.7 Å². The van der Waals surface area contributed by atoms with E-state index in [1.165, 1.54) is 12.1 Å². The number of aromatic carboxylic acids is 1. The molecule has 134 valence electrons. The molecule has 0 aliphatic carbocycles. The largest absolute Gasteiger partial charge is 0.493 e. The number of rotatable bonds is 6. The van der Waals surface area contributed by atoms with E-state index in [9.17, 15) is 9.59 Å². The first-order chi connectivity index (χ1) is 12.5. The topological polar surface area (TPSA) is 92.3 Å². The number of hydrogen-bond donors (Lipinski definition) is 2. The minimum Gasteiger partial charge on any atom is -0.493 e. The summed E-state index contributed by atoms with van der Waals surface area (Å²) in [5.41, 5.74) is 1.97. The van der Waals surface area contributed by atoms with Gasteiger partial charge in [0, 0.05) is 0 Å². The quantitative estimate of drug-likeness (QED) is 0.706. The van der Waals surface area contributed by atoms with E-state index in [0.29, 0.717) is 23.7 Å². The normalized spacial score (nSPS) is 10.8. The average molecular weight is 352 g/mol. The molecule has 0 fully saturated rings. The first-order valence-corrected chi connectivity index (χ1v) is 8.57. The second-order valence-corrected chi connectivity index (χ2v) is 5.97. The Morgan fingerprint density at radius 1 is 1.19 bits per heavy atom. The lowest BCUT2D eigenvalue weighted by atomic mass is 10.0. The van der Waals surface area contributed by atoms with Crippen molar-refractivity contribution >= 4 is 16.9 Å². The Morgan fingerprint density at radius 2 is 2.00 bits per heavy atom. The van der Waals surface area contributed by atoms with E-state index in [1.54, 1.807) is 6.07 Å². The lowest BCUT2D eigenvalue weighted by Gasteiger charge is -2.12. The number of aromatic amines is 1. The summed E-state index contributed by atoms with van der Waals surface area (Å²) in [7, 11) is 0. The molecule has 0 atom stereocenters. The van der Waals surface area contributed by atoms with Gasteiger partial charge in [0.05, 0.1) is 28.6 Å². The molecule has 0 aliphatic heterocycles. The maximum Gasteiger partial charge on any atom is 0.335 e. The van der Waals surface area contributed by atoms with Gasteiger partial charge >= 0.3 is 5.97 Å². The third-order valence-corrected chi connectivity index (χ3v) is 4.09. The third kappa shape index (κ3) is 3.44. The minimum absolute atomic E-state index is 0.0532. The highest BCUT2D eigenvalue weighted by molar-refractivity contribution is 5.93. The number of fused-ring (bicyclic) bond motifs is 1. The molecule has 2 N–H and O–H groups in total. The van der Waals surface area contributed by atoms with Gasteiger partial charge in [-0.05, 0) is 49.2 Å². The minimum atomic E-state index is -1.08. The summed E-state index contributed by atoms with van der Waals surface area (Å²) in [5, 5.41) is 9.34. The van der Waals surface area contributed by atoms with Crippen LogP contribution in [0.1, 0.15) is 36.2 Å². The zero-order valence-electron chi connectivity index (χ0n) is 14.7. The van der Waals surface area contributed by atoms with Crippen molar-refractivity contribution in [3.8, 4) is 17.1 Å². The van der Waals surface area contributed by atoms with Gasteiger partial charge in [-0.3, -0.25) is 4.79 Å². The molecule has 0 bridgehead atoms. The predicted octanol–water partition coefficient (Wildman–Crippen LogP) is 3.64. The van der Waals surface area contributed by atoms with Crippen molar-refractivity contribution in [3.05, 3.63) is 57.9 Å². The van der Waals surface area contributed by atoms with Gasteiger partial charge in [-0.2, -0.15) is 0 Å². The van der Waals surface area contributed by atoms with Crippen LogP contribution >= 0.6 is 0 Å². The molecule has 0 radical (unpaired) electrons. The fourth-order valence-corrected chi connectivity index (χ4v) is 2.89. The summed E-state index contributed by atoms with van der Waals surface area (Å²) >= 11 is 0. The number of hydrogen-bond acceptors (Lipinski definition) is 4. The summed E-state index contributed by atoms with van der Waals surface area (Å²) in [6.07, 6.45) is 1.92. The van der Waals surface area contributed by atoms with Gasteiger partial charge in [0.1, 0.15) is 11.6 Å². The fraction of sp³-hybridized carbons (Fsp3) is 0.250. The van der Waals surface area contributed by atoms with Crippen molar-refractivity contribution < 1.29 is 14.6 Å². The molecule has 6 nitrogen and oxygen atoms in total. The number of H-pyrrole nitrogens is 1. The van der Waals surface area contributed by atoms with Crippen LogP contribution < -0.4 is 10.3 Å². The monoisotopic (exact) mass is 352 g/mol.